The van der Waals surface area contributed by atoms with Gasteiger partial charge in [0.1, 0.15) is 5.52 Å². The van der Waals surface area contributed by atoms with Crippen LogP contribution in [0.1, 0.15) is 17.5 Å². The fourth-order valence-corrected chi connectivity index (χ4v) is 4.79. The van der Waals surface area contributed by atoms with E-state index in [1.807, 2.05) is 0 Å². The van der Waals surface area contributed by atoms with Gasteiger partial charge >= 0.3 is 0 Å². The van der Waals surface area contributed by atoms with Crippen LogP contribution < -0.4 is 10.2 Å². The lowest BCUT2D eigenvalue weighted by Crippen LogP contribution is -2.44. The van der Waals surface area contributed by atoms with E-state index in [2.05, 4.69) is 53.6 Å². The molecule has 7 heteroatoms. The Balaban J connectivity index is 0.00000144. The summed E-state index contributed by atoms with van der Waals surface area (Å²) in [5.41, 5.74) is 5.12. The van der Waals surface area contributed by atoms with E-state index in [0.29, 0.717) is 0 Å². The highest BCUT2D eigenvalue weighted by Gasteiger charge is 2.26. The number of nitrogens with zero attached hydrogens (tertiary/aromatic N) is 3. The molecule has 4 nitrogen and oxygen atoms in total. The van der Waals surface area contributed by atoms with Crippen LogP contribution in [-0.4, -0.2) is 35.7 Å². The second-order valence-corrected chi connectivity index (χ2v) is 7.42. The van der Waals surface area contributed by atoms with Crippen molar-refractivity contribution >= 4 is 61.2 Å². The highest BCUT2D eigenvalue weighted by Crippen LogP contribution is 2.41. The molecular formula is C15H19Br2ClN4. The van der Waals surface area contributed by atoms with Gasteiger partial charge in [-0.05, 0) is 46.8 Å². The van der Waals surface area contributed by atoms with Crippen LogP contribution in [0.2, 0.25) is 0 Å². The number of piperazine rings is 1. The van der Waals surface area contributed by atoms with Crippen molar-refractivity contribution in [2.24, 2.45) is 0 Å². The van der Waals surface area contributed by atoms with E-state index >= 15 is 0 Å². The maximum Gasteiger partial charge on any atom is 0.206 e. The van der Waals surface area contributed by atoms with Crippen molar-refractivity contribution in [3.8, 4) is 0 Å². The van der Waals surface area contributed by atoms with Crippen LogP contribution in [0.25, 0.3) is 11.0 Å². The Hall–Kier alpha value is -0.300. The molecule has 1 saturated heterocycles. The van der Waals surface area contributed by atoms with Crippen molar-refractivity contribution in [1.82, 2.24) is 14.9 Å². The smallest absolute Gasteiger partial charge is 0.206 e. The SMILES string of the molecule is Cc1c(Br)c2c3c(nc(N4CCNCC4)n3CCC2)c1Br.Cl. The first-order valence-corrected chi connectivity index (χ1v) is 9.09. The summed E-state index contributed by atoms with van der Waals surface area (Å²) in [5.74, 6) is 1.14. The average Bonchev–Trinajstić information content (AvgIpc) is 2.92. The van der Waals surface area contributed by atoms with E-state index < -0.39 is 0 Å². The topological polar surface area (TPSA) is 33.1 Å². The van der Waals surface area contributed by atoms with Gasteiger partial charge in [-0.1, -0.05) is 15.9 Å². The van der Waals surface area contributed by atoms with Crippen LogP contribution in [0.4, 0.5) is 5.95 Å². The first-order valence-electron chi connectivity index (χ1n) is 7.51. The molecule has 2 aliphatic heterocycles. The van der Waals surface area contributed by atoms with E-state index in [4.69, 9.17) is 4.98 Å². The number of hydrogen-bond acceptors (Lipinski definition) is 3. The minimum absolute atomic E-state index is 0. The summed E-state index contributed by atoms with van der Waals surface area (Å²) in [6.45, 7) is 7.39. The molecule has 1 N–H and O–H groups in total. The Morgan fingerprint density at radius 2 is 1.82 bits per heavy atom. The molecular weight excluding hydrogens is 431 g/mol. The monoisotopic (exact) mass is 448 g/mol. The van der Waals surface area contributed by atoms with Crippen LogP contribution in [0, 0.1) is 6.92 Å². The van der Waals surface area contributed by atoms with Crippen LogP contribution >= 0.6 is 44.3 Å². The van der Waals surface area contributed by atoms with Crippen LogP contribution in [0.3, 0.4) is 0 Å². The second kappa shape index (κ2) is 6.30. The number of anilines is 1. The highest BCUT2D eigenvalue weighted by molar-refractivity contribution is 9.11. The maximum absolute atomic E-state index is 5.00. The van der Waals surface area contributed by atoms with Gasteiger partial charge in [0.25, 0.3) is 0 Å². The molecule has 120 valence electrons. The molecule has 0 unspecified atom stereocenters. The Morgan fingerprint density at radius 1 is 1.09 bits per heavy atom. The maximum atomic E-state index is 5.00. The highest BCUT2D eigenvalue weighted by atomic mass is 79.9. The lowest BCUT2D eigenvalue weighted by molar-refractivity contribution is 0.556. The van der Waals surface area contributed by atoms with Gasteiger partial charge in [-0.3, -0.25) is 0 Å². The average molecular weight is 451 g/mol. The standard InChI is InChI=1S/C15H18Br2N4.ClH/c1-9-11(16)10-3-2-6-21-14(10)13(12(9)17)19-15(21)20-7-4-18-5-8-20;/h18H,2-8H2,1H3;1H. The fourth-order valence-electron chi connectivity index (χ4n) is 3.46. The number of hydrogen-bond donors (Lipinski definition) is 1. The van der Waals surface area contributed by atoms with Crippen molar-refractivity contribution in [3.63, 3.8) is 0 Å². The summed E-state index contributed by atoms with van der Waals surface area (Å²) in [6.07, 6.45) is 2.33. The summed E-state index contributed by atoms with van der Waals surface area (Å²) in [7, 11) is 0. The van der Waals surface area contributed by atoms with Gasteiger partial charge in [-0.2, -0.15) is 0 Å². The number of rotatable bonds is 1. The molecule has 0 bridgehead atoms. The summed E-state index contributed by atoms with van der Waals surface area (Å²) in [5, 5.41) is 3.42. The summed E-state index contributed by atoms with van der Waals surface area (Å²) in [6, 6.07) is 0. The lowest BCUT2D eigenvalue weighted by Gasteiger charge is -2.29. The van der Waals surface area contributed by atoms with E-state index in [1.165, 1.54) is 27.5 Å². The molecule has 1 aromatic carbocycles. The summed E-state index contributed by atoms with van der Waals surface area (Å²) in [4.78, 5) is 7.42. The Morgan fingerprint density at radius 3 is 2.55 bits per heavy atom. The summed E-state index contributed by atoms with van der Waals surface area (Å²) < 4.78 is 4.80. The predicted molar refractivity (Wildman–Crippen MR) is 101 cm³/mol. The molecule has 0 aliphatic carbocycles. The molecule has 0 radical (unpaired) electrons. The number of aromatic nitrogens is 2. The molecule has 2 aromatic rings. The quantitative estimate of drug-likeness (QED) is 0.720. The van der Waals surface area contributed by atoms with Gasteiger partial charge in [0, 0.05) is 41.7 Å². The third kappa shape index (κ3) is 2.39. The number of halogens is 3. The van der Waals surface area contributed by atoms with Crippen molar-refractivity contribution in [2.75, 3.05) is 31.1 Å². The molecule has 1 fully saturated rings. The van der Waals surface area contributed by atoms with Gasteiger partial charge < -0.3 is 14.8 Å². The van der Waals surface area contributed by atoms with Crippen molar-refractivity contribution in [3.05, 3.63) is 20.1 Å². The van der Waals surface area contributed by atoms with E-state index in [1.54, 1.807) is 0 Å². The Kier molecular flexibility index (Phi) is 4.74. The van der Waals surface area contributed by atoms with E-state index in [-0.39, 0.29) is 12.4 Å². The van der Waals surface area contributed by atoms with E-state index in [9.17, 15) is 0 Å². The van der Waals surface area contributed by atoms with Gasteiger partial charge in [-0.15, -0.1) is 12.4 Å². The third-order valence-electron chi connectivity index (χ3n) is 4.57. The minimum Gasteiger partial charge on any atom is -0.340 e. The normalized spacial score (nSPS) is 17.7. The van der Waals surface area contributed by atoms with Crippen LogP contribution in [0.15, 0.2) is 8.95 Å². The van der Waals surface area contributed by atoms with Crippen LogP contribution in [-0.2, 0) is 13.0 Å². The Labute approximate surface area is 153 Å². The first-order chi connectivity index (χ1) is 10.2. The first kappa shape index (κ1) is 16.6. The zero-order valence-corrected chi connectivity index (χ0v) is 16.4. The van der Waals surface area contributed by atoms with Gasteiger partial charge in [0.15, 0.2) is 0 Å². The predicted octanol–water partition coefficient (Wildman–Crippen LogP) is 3.65. The molecule has 0 spiro atoms. The van der Waals surface area contributed by atoms with Crippen molar-refractivity contribution in [1.29, 1.82) is 0 Å². The molecule has 0 amide bonds. The molecule has 0 atom stereocenters. The van der Waals surface area contributed by atoms with Gasteiger partial charge in [0.05, 0.1) is 5.52 Å². The second-order valence-electron chi connectivity index (χ2n) is 5.83. The fraction of sp³-hybridized carbons (Fsp3) is 0.533. The van der Waals surface area contributed by atoms with Crippen LogP contribution in [0.5, 0.6) is 0 Å². The Bertz CT molecular complexity index is 722. The van der Waals surface area contributed by atoms with Gasteiger partial charge in [0.2, 0.25) is 5.95 Å². The zero-order chi connectivity index (χ0) is 14.6. The number of benzene rings is 1. The third-order valence-corrected chi connectivity index (χ3v) is 6.62. The molecule has 4 rings (SSSR count). The van der Waals surface area contributed by atoms with E-state index in [0.717, 1.165) is 55.1 Å². The molecule has 3 heterocycles. The lowest BCUT2D eigenvalue weighted by atomic mass is 10.0. The number of nitrogens with one attached hydrogen (secondary N) is 1. The number of aryl methyl sites for hydroxylation is 2. The minimum atomic E-state index is 0. The number of imidazole rings is 1. The molecule has 0 saturated carbocycles. The van der Waals surface area contributed by atoms with Gasteiger partial charge in [-0.25, -0.2) is 4.98 Å². The largest absolute Gasteiger partial charge is 0.340 e. The van der Waals surface area contributed by atoms with Crippen molar-refractivity contribution in [2.45, 2.75) is 26.3 Å². The zero-order valence-electron chi connectivity index (χ0n) is 12.5. The molecule has 22 heavy (non-hydrogen) atoms. The molecule has 2 aliphatic rings. The molecule has 1 aromatic heterocycles. The van der Waals surface area contributed by atoms with Crippen molar-refractivity contribution < 1.29 is 0 Å². The summed E-state index contributed by atoms with van der Waals surface area (Å²) >= 11 is 7.54.